The molecular formula is C19H23F3N6O3. The van der Waals surface area contributed by atoms with Crippen molar-refractivity contribution >= 4 is 17.5 Å². The van der Waals surface area contributed by atoms with Crippen LogP contribution < -0.4 is 10.2 Å². The van der Waals surface area contributed by atoms with Gasteiger partial charge in [0.25, 0.3) is 5.91 Å². The van der Waals surface area contributed by atoms with Gasteiger partial charge in [0, 0.05) is 39.4 Å². The van der Waals surface area contributed by atoms with Crippen LogP contribution in [0.1, 0.15) is 21.6 Å². The van der Waals surface area contributed by atoms with Crippen molar-refractivity contribution in [2.45, 2.75) is 19.3 Å². The van der Waals surface area contributed by atoms with E-state index in [0.717, 1.165) is 6.07 Å². The summed E-state index contributed by atoms with van der Waals surface area (Å²) >= 11 is 0. The molecule has 12 heteroatoms. The number of carbonyl (C=O) groups excluding carboxylic acids is 2. The maximum Gasteiger partial charge on any atom is 0.416 e. The van der Waals surface area contributed by atoms with E-state index in [1.54, 1.807) is 20.2 Å². The topological polar surface area (TPSA) is 92.6 Å². The highest BCUT2D eigenvalue weighted by Gasteiger charge is 2.34. The van der Waals surface area contributed by atoms with Crippen molar-refractivity contribution in [2.75, 3.05) is 45.3 Å². The van der Waals surface area contributed by atoms with E-state index in [9.17, 15) is 22.8 Å². The van der Waals surface area contributed by atoms with Gasteiger partial charge in [-0.25, -0.2) is 4.68 Å². The SMILES string of the molecule is CN(C)C(=O)Cn1cc(C(=O)NCc2ccc(N3CCOCC3)cc2C(F)(F)F)nn1. The first-order chi connectivity index (χ1) is 14.6. The highest BCUT2D eigenvalue weighted by molar-refractivity contribution is 5.91. The maximum atomic E-state index is 13.6. The number of carbonyl (C=O) groups is 2. The lowest BCUT2D eigenvalue weighted by Gasteiger charge is -2.29. The van der Waals surface area contributed by atoms with Gasteiger partial charge in [0.1, 0.15) is 6.54 Å². The molecule has 0 aliphatic carbocycles. The largest absolute Gasteiger partial charge is 0.416 e. The molecule has 168 valence electrons. The molecule has 2 aromatic rings. The van der Waals surface area contributed by atoms with Gasteiger partial charge in [-0.15, -0.1) is 5.10 Å². The Kier molecular flexibility index (Phi) is 6.78. The molecule has 1 aromatic heterocycles. The molecule has 2 amide bonds. The van der Waals surface area contributed by atoms with Crippen LogP contribution in [0.3, 0.4) is 0 Å². The summed E-state index contributed by atoms with van der Waals surface area (Å²) in [7, 11) is 3.16. The summed E-state index contributed by atoms with van der Waals surface area (Å²) in [5.74, 6) is -0.930. The van der Waals surface area contributed by atoms with Crippen molar-refractivity contribution in [1.29, 1.82) is 0 Å². The molecule has 1 fully saturated rings. The van der Waals surface area contributed by atoms with Crippen LogP contribution in [0.5, 0.6) is 0 Å². The van der Waals surface area contributed by atoms with E-state index in [1.165, 1.54) is 21.8 Å². The van der Waals surface area contributed by atoms with E-state index in [1.807, 2.05) is 4.90 Å². The predicted molar refractivity (Wildman–Crippen MR) is 104 cm³/mol. The molecule has 1 N–H and O–H groups in total. The number of aromatic nitrogens is 3. The van der Waals surface area contributed by atoms with Crippen LogP contribution in [0.2, 0.25) is 0 Å². The molecule has 2 heterocycles. The number of nitrogens with one attached hydrogen (secondary N) is 1. The average molecular weight is 440 g/mol. The lowest BCUT2D eigenvalue weighted by atomic mass is 10.0. The Morgan fingerprint density at radius 1 is 1.23 bits per heavy atom. The Balaban J connectivity index is 1.70. The van der Waals surface area contributed by atoms with Crippen molar-refractivity contribution in [2.24, 2.45) is 0 Å². The van der Waals surface area contributed by atoms with Gasteiger partial charge in [-0.3, -0.25) is 9.59 Å². The highest BCUT2D eigenvalue weighted by atomic mass is 19.4. The number of benzene rings is 1. The maximum absolute atomic E-state index is 13.6. The fourth-order valence-corrected chi connectivity index (χ4v) is 3.03. The van der Waals surface area contributed by atoms with Crippen LogP contribution in [-0.4, -0.2) is 72.1 Å². The minimum Gasteiger partial charge on any atom is -0.378 e. The van der Waals surface area contributed by atoms with Crippen LogP contribution in [0.15, 0.2) is 24.4 Å². The third-order valence-electron chi connectivity index (χ3n) is 4.78. The number of morpholine rings is 1. The van der Waals surface area contributed by atoms with E-state index >= 15 is 0 Å². The van der Waals surface area contributed by atoms with E-state index in [4.69, 9.17) is 4.74 Å². The average Bonchev–Trinajstić information content (AvgIpc) is 3.20. The second-order valence-electron chi connectivity index (χ2n) is 7.21. The number of halogens is 3. The number of alkyl halides is 3. The molecule has 1 aliphatic heterocycles. The second-order valence-corrected chi connectivity index (χ2v) is 7.21. The lowest BCUT2D eigenvalue weighted by molar-refractivity contribution is -0.138. The zero-order valence-corrected chi connectivity index (χ0v) is 17.1. The molecular weight excluding hydrogens is 417 g/mol. The van der Waals surface area contributed by atoms with E-state index in [0.29, 0.717) is 32.0 Å². The Labute approximate surface area is 176 Å². The summed E-state index contributed by atoms with van der Waals surface area (Å²) in [6, 6.07) is 4.06. The number of hydrogen-bond donors (Lipinski definition) is 1. The molecule has 0 radical (unpaired) electrons. The first kappa shape index (κ1) is 22.5. The van der Waals surface area contributed by atoms with Gasteiger partial charge in [-0.2, -0.15) is 13.2 Å². The number of anilines is 1. The Morgan fingerprint density at radius 2 is 1.94 bits per heavy atom. The molecule has 0 unspecified atom stereocenters. The summed E-state index contributed by atoms with van der Waals surface area (Å²) in [5.41, 5.74) is -0.505. The molecule has 0 saturated carbocycles. The van der Waals surface area contributed by atoms with Gasteiger partial charge in [-0.05, 0) is 17.7 Å². The minimum absolute atomic E-state index is 0.0620. The van der Waals surface area contributed by atoms with Crippen molar-refractivity contribution in [3.63, 3.8) is 0 Å². The van der Waals surface area contributed by atoms with Gasteiger partial charge in [0.15, 0.2) is 5.69 Å². The summed E-state index contributed by atoms with van der Waals surface area (Å²) in [4.78, 5) is 27.2. The minimum atomic E-state index is -4.57. The van der Waals surface area contributed by atoms with Crippen LogP contribution in [0.25, 0.3) is 0 Å². The number of amides is 2. The smallest absolute Gasteiger partial charge is 0.378 e. The van der Waals surface area contributed by atoms with Crippen molar-refractivity contribution < 1.29 is 27.5 Å². The summed E-state index contributed by atoms with van der Waals surface area (Å²) in [6.45, 7) is 1.51. The van der Waals surface area contributed by atoms with Crippen molar-refractivity contribution in [1.82, 2.24) is 25.2 Å². The van der Waals surface area contributed by atoms with Gasteiger partial charge in [-0.1, -0.05) is 11.3 Å². The third-order valence-corrected chi connectivity index (χ3v) is 4.78. The molecule has 0 bridgehead atoms. The quantitative estimate of drug-likeness (QED) is 0.725. The van der Waals surface area contributed by atoms with E-state index < -0.39 is 17.6 Å². The van der Waals surface area contributed by atoms with E-state index in [-0.39, 0.29) is 30.3 Å². The molecule has 1 aromatic carbocycles. The van der Waals surface area contributed by atoms with Gasteiger partial charge < -0.3 is 19.9 Å². The van der Waals surface area contributed by atoms with Crippen molar-refractivity contribution in [3.05, 3.63) is 41.2 Å². The van der Waals surface area contributed by atoms with Crippen LogP contribution in [0, 0.1) is 0 Å². The van der Waals surface area contributed by atoms with Gasteiger partial charge in [0.05, 0.1) is 25.0 Å². The van der Waals surface area contributed by atoms with Crippen LogP contribution >= 0.6 is 0 Å². The fourth-order valence-electron chi connectivity index (χ4n) is 3.03. The molecule has 0 spiro atoms. The summed E-state index contributed by atoms with van der Waals surface area (Å²) in [5, 5.41) is 9.81. The molecule has 1 aliphatic rings. The van der Waals surface area contributed by atoms with E-state index in [2.05, 4.69) is 15.6 Å². The Hall–Kier alpha value is -3.15. The van der Waals surface area contributed by atoms with Gasteiger partial charge in [0.2, 0.25) is 5.91 Å². The zero-order valence-electron chi connectivity index (χ0n) is 17.1. The third kappa shape index (κ3) is 5.72. The number of likely N-dealkylation sites (N-methyl/N-ethyl adjacent to an activating group) is 1. The zero-order chi connectivity index (χ0) is 22.6. The monoisotopic (exact) mass is 440 g/mol. The number of ether oxygens (including phenoxy) is 1. The van der Waals surface area contributed by atoms with Crippen molar-refractivity contribution in [3.8, 4) is 0 Å². The molecule has 1 saturated heterocycles. The molecule has 31 heavy (non-hydrogen) atoms. The molecule has 0 atom stereocenters. The Morgan fingerprint density at radius 3 is 2.58 bits per heavy atom. The van der Waals surface area contributed by atoms with Crippen LogP contribution in [-0.2, 0) is 28.8 Å². The highest BCUT2D eigenvalue weighted by Crippen LogP contribution is 2.35. The molecule has 3 rings (SSSR count). The lowest BCUT2D eigenvalue weighted by Crippen LogP contribution is -2.36. The number of rotatable bonds is 6. The normalized spacial score (nSPS) is 14.4. The summed E-state index contributed by atoms with van der Waals surface area (Å²) < 4.78 is 47.3. The standard InChI is InChI=1S/C19H23F3N6O3/c1-26(2)17(29)12-28-11-16(24-25-28)18(30)23-10-13-3-4-14(9-15(13)19(20,21)22)27-5-7-31-8-6-27/h3-4,9,11H,5-8,10,12H2,1-2H3,(H,23,30). The second kappa shape index (κ2) is 9.33. The first-order valence-electron chi connectivity index (χ1n) is 9.56. The van der Waals surface area contributed by atoms with Crippen LogP contribution in [0.4, 0.5) is 18.9 Å². The number of hydrogen-bond acceptors (Lipinski definition) is 6. The fraction of sp³-hybridized carbons (Fsp3) is 0.474. The predicted octanol–water partition coefficient (Wildman–Crippen LogP) is 1.15. The van der Waals surface area contributed by atoms with Gasteiger partial charge >= 0.3 is 6.18 Å². The molecule has 9 nitrogen and oxygen atoms in total. The summed E-state index contributed by atoms with van der Waals surface area (Å²) in [6.07, 6.45) is -3.30. The first-order valence-corrected chi connectivity index (χ1v) is 9.56. The number of nitrogens with zero attached hydrogens (tertiary/aromatic N) is 5. The Bertz CT molecular complexity index is 938.